The molecular weight excluding hydrogens is 615 g/mol. The van der Waals surface area contributed by atoms with Crippen LogP contribution in [0.2, 0.25) is 10.0 Å². The molecule has 0 bridgehead atoms. The molecule has 4 aliphatic heterocycles. The van der Waals surface area contributed by atoms with Crippen molar-refractivity contribution in [3.63, 3.8) is 0 Å². The molecule has 0 aliphatic carbocycles. The van der Waals surface area contributed by atoms with E-state index in [0.717, 1.165) is 9.75 Å². The standard InChI is InChI=1S/C30H20Cl2N4O4S2/c31-15-5-9-17(10-6-15)33-27(37)21-23(19-3-1-13-41-19)35-26-22(24(20-4-2-14-42-20)36(35)25(21)29(33)39)28(38)34(30(26)40)18-11-7-16(32)8-12-18/h1-14,21-26H. The molecule has 0 radical (unpaired) electrons. The number of hydrogen-bond acceptors (Lipinski definition) is 8. The van der Waals surface area contributed by atoms with Gasteiger partial charge in [-0.1, -0.05) is 35.3 Å². The lowest BCUT2D eigenvalue weighted by Gasteiger charge is -2.35. The van der Waals surface area contributed by atoms with Gasteiger partial charge in [0.25, 0.3) is 11.8 Å². The highest BCUT2D eigenvalue weighted by Gasteiger charge is 2.74. The Hall–Kier alpha value is -3.38. The second kappa shape index (κ2) is 9.57. The minimum atomic E-state index is -0.887. The third-order valence-corrected chi connectivity index (χ3v) is 11.0. The number of thiophene rings is 2. The lowest BCUT2D eigenvalue weighted by molar-refractivity contribution is -0.135. The molecule has 4 amide bonds. The van der Waals surface area contributed by atoms with Crippen molar-refractivity contribution in [2.45, 2.75) is 24.2 Å². The third kappa shape index (κ3) is 3.54. The molecule has 4 aromatic rings. The maximum absolute atomic E-state index is 14.3. The number of halogens is 2. The summed E-state index contributed by atoms with van der Waals surface area (Å²) in [6.07, 6.45) is 0. The largest absolute Gasteiger partial charge is 0.274 e. The average Bonchev–Trinajstić information content (AvgIpc) is 3.81. The van der Waals surface area contributed by atoms with Crippen LogP contribution >= 0.6 is 45.9 Å². The predicted octanol–water partition coefficient (Wildman–Crippen LogP) is 5.56. The molecule has 0 spiro atoms. The Morgan fingerprint density at radius 3 is 1.21 bits per heavy atom. The number of imide groups is 2. The van der Waals surface area contributed by atoms with E-state index in [-0.39, 0.29) is 23.6 Å². The van der Waals surface area contributed by atoms with Crippen LogP contribution in [0.25, 0.3) is 0 Å². The number of hydrazine groups is 1. The molecule has 6 heterocycles. The molecule has 4 aliphatic rings. The molecule has 8 rings (SSSR count). The Morgan fingerprint density at radius 1 is 0.500 bits per heavy atom. The summed E-state index contributed by atoms with van der Waals surface area (Å²) in [5.41, 5.74) is 0.877. The van der Waals surface area contributed by atoms with Crippen molar-refractivity contribution in [3.05, 3.63) is 103 Å². The Morgan fingerprint density at radius 2 is 0.881 bits per heavy atom. The van der Waals surface area contributed by atoms with Gasteiger partial charge in [-0.3, -0.25) is 19.2 Å². The summed E-state index contributed by atoms with van der Waals surface area (Å²) in [7, 11) is 0. The summed E-state index contributed by atoms with van der Waals surface area (Å²) in [4.78, 5) is 61.1. The Bertz CT molecular complexity index is 1620. The topological polar surface area (TPSA) is 81.2 Å². The molecule has 6 unspecified atom stereocenters. The van der Waals surface area contributed by atoms with Crippen LogP contribution in [0.15, 0.2) is 83.6 Å². The van der Waals surface area contributed by atoms with Crippen LogP contribution in [-0.2, 0) is 19.2 Å². The number of hydrogen-bond donors (Lipinski definition) is 0. The highest BCUT2D eigenvalue weighted by molar-refractivity contribution is 7.10. The SMILES string of the molecule is O=C1C2C(C(=O)N1c1ccc(Cl)cc1)N1C(c3cccs3)C3C(=O)N(c4ccc(Cl)cc4)C(=O)C3N1C2c1cccs1. The van der Waals surface area contributed by atoms with Crippen molar-refractivity contribution in [3.8, 4) is 0 Å². The Labute approximate surface area is 258 Å². The summed E-state index contributed by atoms with van der Waals surface area (Å²) in [6, 6.07) is 17.8. The van der Waals surface area contributed by atoms with Crippen molar-refractivity contribution in [1.82, 2.24) is 10.0 Å². The second-order valence-electron chi connectivity index (χ2n) is 10.6. The van der Waals surface area contributed by atoms with E-state index >= 15 is 0 Å². The van der Waals surface area contributed by atoms with Crippen LogP contribution in [0.5, 0.6) is 0 Å². The number of fused-ring (bicyclic) bond motifs is 5. The minimum Gasteiger partial charge on any atom is -0.274 e. The number of anilines is 2. The zero-order chi connectivity index (χ0) is 28.9. The smallest absolute Gasteiger partial charge is 0.253 e. The van der Waals surface area contributed by atoms with Gasteiger partial charge in [0.15, 0.2) is 0 Å². The molecule has 0 N–H and O–H groups in total. The van der Waals surface area contributed by atoms with E-state index in [0.29, 0.717) is 21.4 Å². The second-order valence-corrected chi connectivity index (χ2v) is 13.4. The van der Waals surface area contributed by atoms with Crippen molar-refractivity contribution >= 4 is 80.9 Å². The lowest BCUT2D eigenvalue weighted by Crippen LogP contribution is -2.50. The fourth-order valence-electron chi connectivity index (χ4n) is 7.00. The maximum atomic E-state index is 14.3. The number of benzene rings is 2. The minimum absolute atomic E-state index is 0.340. The molecule has 210 valence electrons. The number of rotatable bonds is 4. The zero-order valence-electron chi connectivity index (χ0n) is 21.5. The Kier molecular flexibility index (Phi) is 5.98. The first-order valence-electron chi connectivity index (χ1n) is 13.3. The third-order valence-electron chi connectivity index (χ3n) is 8.56. The van der Waals surface area contributed by atoms with Gasteiger partial charge in [0.2, 0.25) is 11.8 Å². The fraction of sp³-hybridized carbons (Fsp3) is 0.200. The number of nitrogens with zero attached hydrogens (tertiary/aromatic N) is 4. The van der Waals surface area contributed by atoms with Crippen LogP contribution in [0.4, 0.5) is 11.4 Å². The van der Waals surface area contributed by atoms with Gasteiger partial charge in [0, 0.05) is 19.8 Å². The van der Waals surface area contributed by atoms with E-state index < -0.39 is 36.0 Å². The van der Waals surface area contributed by atoms with Gasteiger partial charge in [-0.2, -0.15) is 0 Å². The van der Waals surface area contributed by atoms with Gasteiger partial charge in [0.1, 0.15) is 12.1 Å². The van der Waals surface area contributed by atoms with Crippen molar-refractivity contribution in [1.29, 1.82) is 0 Å². The molecule has 2 aromatic carbocycles. The normalized spacial score (nSPS) is 29.1. The first-order chi connectivity index (χ1) is 20.4. The lowest BCUT2D eigenvalue weighted by atomic mass is 9.88. The molecule has 42 heavy (non-hydrogen) atoms. The van der Waals surface area contributed by atoms with Crippen LogP contribution in [-0.4, -0.2) is 45.7 Å². The van der Waals surface area contributed by atoms with Crippen LogP contribution < -0.4 is 9.80 Å². The quantitative estimate of drug-likeness (QED) is 0.273. The van der Waals surface area contributed by atoms with E-state index in [1.165, 1.54) is 32.5 Å². The molecule has 2 aromatic heterocycles. The number of carbonyl (C=O) groups is 4. The maximum Gasteiger partial charge on any atom is 0.253 e. The number of carbonyl (C=O) groups excluding carboxylic acids is 4. The first-order valence-corrected chi connectivity index (χ1v) is 15.8. The molecule has 6 atom stereocenters. The summed E-state index contributed by atoms with van der Waals surface area (Å²) in [5.74, 6) is -2.99. The van der Waals surface area contributed by atoms with E-state index in [1.54, 1.807) is 48.5 Å². The summed E-state index contributed by atoms with van der Waals surface area (Å²) >= 11 is 15.1. The van der Waals surface area contributed by atoms with Gasteiger partial charge < -0.3 is 0 Å². The first kappa shape index (κ1) is 26.3. The van der Waals surface area contributed by atoms with Crippen molar-refractivity contribution < 1.29 is 19.2 Å². The van der Waals surface area contributed by atoms with Gasteiger partial charge in [-0.15, -0.1) is 22.7 Å². The molecule has 8 nitrogen and oxygen atoms in total. The average molecular weight is 636 g/mol. The van der Waals surface area contributed by atoms with E-state index in [2.05, 4.69) is 0 Å². The van der Waals surface area contributed by atoms with Crippen LogP contribution in [0, 0.1) is 11.8 Å². The fourth-order valence-corrected chi connectivity index (χ4v) is 8.98. The molecule has 0 saturated carbocycles. The summed E-state index contributed by atoms with van der Waals surface area (Å²) in [6.45, 7) is 0. The molecule has 4 fully saturated rings. The van der Waals surface area contributed by atoms with E-state index in [4.69, 9.17) is 23.2 Å². The predicted molar refractivity (Wildman–Crippen MR) is 160 cm³/mol. The van der Waals surface area contributed by atoms with E-state index in [9.17, 15) is 19.2 Å². The highest BCUT2D eigenvalue weighted by atomic mass is 35.5. The molecular formula is C30H20Cl2N4O4S2. The molecule has 4 saturated heterocycles. The van der Waals surface area contributed by atoms with E-state index in [1.807, 2.05) is 45.0 Å². The van der Waals surface area contributed by atoms with Gasteiger partial charge >= 0.3 is 0 Å². The number of amides is 4. The van der Waals surface area contributed by atoms with Crippen molar-refractivity contribution in [2.75, 3.05) is 9.80 Å². The monoisotopic (exact) mass is 634 g/mol. The van der Waals surface area contributed by atoms with Crippen LogP contribution in [0.1, 0.15) is 21.8 Å². The van der Waals surface area contributed by atoms with Crippen LogP contribution in [0.3, 0.4) is 0 Å². The summed E-state index contributed by atoms with van der Waals surface area (Å²) < 4.78 is 0. The van der Waals surface area contributed by atoms with Gasteiger partial charge in [0.05, 0.1) is 35.3 Å². The van der Waals surface area contributed by atoms with Gasteiger partial charge in [-0.25, -0.2) is 19.8 Å². The highest BCUT2D eigenvalue weighted by Crippen LogP contribution is 2.60. The zero-order valence-corrected chi connectivity index (χ0v) is 24.7. The van der Waals surface area contributed by atoms with Crippen molar-refractivity contribution in [2.24, 2.45) is 11.8 Å². The Balaban J connectivity index is 1.30. The summed E-state index contributed by atoms with van der Waals surface area (Å²) in [5, 5.41) is 8.57. The molecule has 12 heteroatoms. The van der Waals surface area contributed by atoms with Gasteiger partial charge in [-0.05, 0) is 71.4 Å².